The first-order valence-electron chi connectivity index (χ1n) is 9.19. The molecule has 1 saturated heterocycles. The molecular weight excluding hydrogens is 329 g/mol. The molecule has 0 saturated carbocycles. The van der Waals surface area contributed by atoms with Crippen molar-refractivity contribution in [2.75, 3.05) is 6.54 Å². The average Bonchev–Trinajstić information content (AvgIpc) is 2.71. The van der Waals surface area contributed by atoms with Crippen molar-refractivity contribution in [2.45, 2.75) is 72.6 Å². The Hall–Kier alpha value is -1.53. The van der Waals surface area contributed by atoms with Gasteiger partial charge in [-0.25, -0.2) is 4.79 Å². The molecule has 1 aliphatic rings. The molecule has 1 unspecified atom stereocenters. The number of benzene rings is 1. The van der Waals surface area contributed by atoms with Gasteiger partial charge >= 0.3 is 13.2 Å². The number of nitrogens with zero attached hydrogens (tertiary/aromatic N) is 1. The third-order valence-electron chi connectivity index (χ3n) is 5.30. The van der Waals surface area contributed by atoms with Crippen LogP contribution in [0.2, 0.25) is 0 Å². The molecule has 1 aliphatic heterocycles. The molecule has 0 bridgehead atoms. The Kier molecular flexibility index (Phi) is 5.51. The van der Waals surface area contributed by atoms with Gasteiger partial charge in [-0.15, -0.1) is 0 Å². The maximum Gasteiger partial charge on any atom is 0.494 e. The topological polar surface area (TPSA) is 59.0 Å². The van der Waals surface area contributed by atoms with Crippen LogP contribution in [0.5, 0.6) is 0 Å². The second kappa shape index (κ2) is 6.89. The lowest BCUT2D eigenvalue weighted by Gasteiger charge is -2.32. The fourth-order valence-electron chi connectivity index (χ4n) is 2.97. The SMILES string of the molecule is CC(c1ccc(B2OC(C)(C)C(C)(C)O2)cc1)N(CC(C)(C)C)C(=O)O. The highest BCUT2D eigenvalue weighted by Crippen LogP contribution is 2.36. The van der Waals surface area contributed by atoms with Crippen molar-refractivity contribution in [1.82, 2.24) is 4.90 Å². The van der Waals surface area contributed by atoms with E-state index in [0.717, 1.165) is 11.0 Å². The van der Waals surface area contributed by atoms with Gasteiger partial charge in [-0.3, -0.25) is 0 Å². The summed E-state index contributed by atoms with van der Waals surface area (Å²) < 4.78 is 12.2. The minimum absolute atomic E-state index is 0.102. The number of rotatable bonds is 4. The number of hydrogen-bond acceptors (Lipinski definition) is 3. The molecule has 1 aromatic carbocycles. The van der Waals surface area contributed by atoms with Gasteiger partial charge in [0.05, 0.1) is 17.2 Å². The van der Waals surface area contributed by atoms with Crippen LogP contribution in [0.4, 0.5) is 4.79 Å². The third kappa shape index (κ3) is 4.41. The fourth-order valence-corrected chi connectivity index (χ4v) is 2.97. The van der Waals surface area contributed by atoms with Crippen LogP contribution < -0.4 is 5.46 Å². The van der Waals surface area contributed by atoms with Gasteiger partial charge in [0.15, 0.2) is 0 Å². The summed E-state index contributed by atoms with van der Waals surface area (Å²) >= 11 is 0. The molecule has 0 radical (unpaired) electrons. The van der Waals surface area contributed by atoms with Crippen molar-refractivity contribution in [3.05, 3.63) is 29.8 Å². The van der Waals surface area contributed by atoms with Gasteiger partial charge in [0.1, 0.15) is 0 Å². The zero-order chi connectivity index (χ0) is 19.9. The van der Waals surface area contributed by atoms with Gasteiger partial charge in [-0.2, -0.15) is 0 Å². The van der Waals surface area contributed by atoms with Crippen LogP contribution in [0.25, 0.3) is 0 Å². The maximum absolute atomic E-state index is 11.7. The molecule has 1 N–H and O–H groups in total. The highest BCUT2D eigenvalue weighted by Gasteiger charge is 2.51. The van der Waals surface area contributed by atoms with E-state index < -0.39 is 13.2 Å². The summed E-state index contributed by atoms with van der Waals surface area (Å²) in [7, 11) is -0.408. The first-order valence-corrected chi connectivity index (χ1v) is 9.19. The molecule has 5 nitrogen and oxygen atoms in total. The van der Waals surface area contributed by atoms with Gasteiger partial charge in [0.2, 0.25) is 0 Å². The van der Waals surface area contributed by atoms with Crippen molar-refractivity contribution in [3.8, 4) is 0 Å². The highest BCUT2D eigenvalue weighted by molar-refractivity contribution is 6.62. The molecule has 144 valence electrons. The Bertz CT molecular complexity index is 633. The predicted molar refractivity (Wildman–Crippen MR) is 105 cm³/mol. The molecule has 1 atom stereocenters. The van der Waals surface area contributed by atoms with E-state index >= 15 is 0 Å². The lowest BCUT2D eigenvalue weighted by Crippen LogP contribution is -2.41. The van der Waals surface area contributed by atoms with Crippen molar-refractivity contribution in [2.24, 2.45) is 5.41 Å². The Balaban J connectivity index is 2.17. The van der Waals surface area contributed by atoms with E-state index in [1.54, 1.807) is 0 Å². The third-order valence-corrected chi connectivity index (χ3v) is 5.30. The van der Waals surface area contributed by atoms with Gasteiger partial charge in [-0.1, -0.05) is 45.0 Å². The molecule has 1 amide bonds. The van der Waals surface area contributed by atoms with Crippen molar-refractivity contribution in [3.63, 3.8) is 0 Å². The average molecular weight is 361 g/mol. The van der Waals surface area contributed by atoms with Crippen molar-refractivity contribution in [1.29, 1.82) is 0 Å². The standard InChI is InChI=1S/C20H32BNO4/c1-14(22(17(23)24)13-18(2,3)4)15-9-11-16(12-10-15)21-25-19(5,6)20(7,8)26-21/h9-12,14H,13H2,1-8H3,(H,23,24). The van der Waals surface area contributed by atoms with Crippen molar-refractivity contribution < 1.29 is 19.2 Å². The van der Waals surface area contributed by atoms with E-state index in [9.17, 15) is 9.90 Å². The van der Waals surface area contributed by atoms with E-state index in [-0.39, 0.29) is 22.7 Å². The largest absolute Gasteiger partial charge is 0.494 e. The number of carboxylic acid groups (broad SMARTS) is 1. The lowest BCUT2D eigenvalue weighted by atomic mass is 9.78. The van der Waals surface area contributed by atoms with Crippen LogP contribution in [0.1, 0.15) is 67.0 Å². The number of carbonyl (C=O) groups is 1. The summed E-state index contributed by atoms with van der Waals surface area (Å²) in [6.45, 7) is 16.6. The molecule has 2 rings (SSSR count). The van der Waals surface area contributed by atoms with Crippen LogP contribution in [0, 0.1) is 5.41 Å². The van der Waals surface area contributed by atoms with E-state index in [1.165, 1.54) is 4.90 Å². The summed E-state index contributed by atoms with van der Waals surface area (Å²) in [4.78, 5) is 13.2. The summed E-state index contributed by atoms with van der Waals surface area (Å²) in [6, 6.07) is 7.63. The zero-order valence-corrected chi connectivity index (χ0v) is 17.3. The molecule has 0 aliphatic carbocycles. The van der Waals surface area contributed by atoms with Crippen LogP contribution in [0.3, 0.4) is 0 Å². The molecule has 0 aromatic heterocycles. The molecular formula is C20H32BNO4. The van der Waals surface area contributed by atoms with E-state index in [4.69, 9.17) is 9.31 Å². The Morgan fingerprint density at radius 3 is 1.96 bits per heavy atom. The first-order chi connectivity index (χ1) is 11.7. The smallest absolute Gasteiger partial charge is 0.465 e. The first kappa shape index (κ1) is 20.8. The predicted octanol–water partition coefficient (Wildman–Crippen LogP) is 4.07. The Morgan fingerprint density at radius 2 is 1.58 bits per heavy atom. The minimum atomic E-state index is -0.900. The Labute approximate surface area is 157 Å². The van der Waals surface area contributed by atoms with Gasteiger partial charge < -0.3 is 19.3 Å². The molecule has 1 aromatic rings. The normalized spacial score (nSPS) is 20.1. The maximum atomic E-state index is 11.7. The monoisotopic (exact) mass is 361 g/mol. The zero-order valence-electron chi connectivity index (χ0n) is 17.3. The van der Waals surface area contributed by atoms with Crippen molar-refractivity contribution >= 4 is 18.7 Å². The van der Waals surface area contributed by atoms with Crippen LogP contribution in [-0.4, -0.2) is 41.0 Å². The quantitative estimate of drug-likeness (QED) is 0.822. The lowest BCUT2D eigenvalue weighted by molar-refractivity contribution is 0.00578. The summed E-state index contributed by atoms with van der Waals surface area (Å²) in [6.07, 6.45) is -0.900. The van der Waals surface area contributed by atoms with E-state index in [0.29, 0.717) is 6.54 Å². The minimum Gasteiger partial charge on any atom is -0.465 e. The molecule has 1 heterocycles. The Morgan fingerprint density at radius 1 is 1.12 bits per heavy atom. The number of amides is 1. The molecule has 26 heavy (non-hydrogen) atoms. The van der Waals surface area contributed by atoms with E-state index in [1.807, 2.05) is 79.7 Å². The van der Waals surface area contributed by atoms with Gasteiger partial charge in [0, 0.05) is 6.54 Å². The van der Waals surface area contributed by atoms with Crippen LogP contribution in [-0.2, 0) is 9.31 Å². The number of hydrogen-bond donors (Lipinski definition) is 1. The molecule has 1 fully saturated rings. The van der Waals surface area contributed by atoms with Gasteiger partial charge in [0.25, 0.3) is 0 Å². The summed E-state index contributed by atoms with van der Waals surface area (Å²) in [5.74, 6) is 0. The van der Waals surface area contributed by atoms with Crippen LogP contribution in [0.15, 0.2) is 24.3 Å². The molecule has 6 heteroatoms. The van der Waals surface area contributed by atoms with Gasteiger partial charge in [-0.05, 0) is 51.1 Å². The molecule has 0 spiro atoms. The fraction of sp³-hybridized carbons (Fsp3) is 0.650. The second-order valence-corrected chi connectivity index (χ2v) is 9.40. The highest BCUT2D eigenvalue weighted by atomic mass is 16.7. The second-order valence-electron chi connectivity index (χ2n) is 9.40. The van der Waals surface area contributed by atoms with E-state index in [2.05, 4.69) is 0 Å². The van der Waals surface area contributed by atoms with Crippen LogP contribution >= 0.6 is 0 Å². The summed E-state index contributed by atoms with van der Waals surface area (Å²) in [5.41, 5.74) is 1.04. The summed E-state index contributed by atoms with van der Waals surface area (Å²) in [5, 5.41) is 9.60.